The molecule has 0 heterocycles. The topological polar surface area (TPSA) is 90.2 Å². The molecule has 0 aliphatic heterocycles. The van der Waals surface area contributed by atoms with Crippen LogP contribution >= 0.6 is 0 Å². The van der Waals surface area contributed by atoms with Crippen LogP contribution in [0.1, 0.15) is 30.6 Å². The summed E-state index contributed by atoms with van der Waals surface area (Å²) in [6.45, 7) is 1.70. The average molecular weight is 330 g/mol. The second-order valence-electron chi connectivity index (χ2n) is 5.32. The lowest BCUT2D eigenvalue weighted by molar-refractivity contribution is 0.158. The van der Waals surface area contributed by atoms with Crippen molar-refractivity contribution in [1.82, 2.24) is 4.72 Å². The van der Waals surface area contributed by atoms with Crippen LogP contribution < -0.4 is 4.72 Å². The fourth-order valence-electron chi connectivity index (χ4n) is 2.24. The van der Waals surface area contributed by atoms with Crippen LogP contribution in [0.25, 0.3) is 0 Å². The van der Waals surface area contributed by atoms with E-state index in [1.807, 2.05) is 24.3 Å². The van der Waals surface area contributed by atoms with Crippen molar-refractivity contribution in [3.63, 3.8) is 0 Å². The number of nitrogens with zero attached hydrogens (tertiary/aromatic N) is 1. The molecule has 0 saturated heterocycles. The first kappa shape index (κ1) is 17.2. The molecule has 6 heteroatoms. The Kier molecular flexibility index (Phi) is 5.50. The van der Waals surface area contributed by atoms with E-state index in [0.29, 0.717) is 5.56 Å². The number of hydrogen-bond acceptors (Lipinski definition) is 4. The fraction of sp³-hybridized carbons (Fsp3) is 0.235. The van der Waals surface area contributed by atoms with Crippen LogP contribution in [0.15, 0.2) is 59.5 Å². The van der Waals surface area contributed by atoms with Gasteiger partial charge < -0.3 is 5.11 Å². The Bertz CT molecular complexity index is 781. The molecule has 0 saturated carbocycles. The minimum Gasteiger partial charge on any atom is -0.388 e. The third-order valence-corrected chi connectivity index (χ3v) is 5.02. The summed E-state index contributed by atoms with van der Waals surface area (Å²) in [6, 6.07) is 16.3. The van der Waals surface area contributed by atoms with Gasteiger partial charge in [0.25, 0.3) is 0 Å². The van der Waals surface area contributed by atoms with Gasteiger partial charge in [0, 0.05) is 6.04 Å². The van der Waals surface area contributed by atoms with Crippen molar-refractivity contribution >= 4 is 10.0 Å². The average Bonchev–Trinajstić information content (AvgIpc) is 2.55. The Balaban J connectivity index is 2.03. The highest BCUT2D eigenvalue weighted by molar-refractivity contribution is 7.89. The SMILES string of the molecule is CC(CC(O)c1ccccc1)NS(=O)(=O)c1ccc(C#N)cc1. The van der Waals surface area contributed by atoms with Gasteiger partial charge in [0.1, 0.15) is 0 Å². The van der Waals surface area contributed by atoms with Gasteiger partial charge in [-0.2, -0.15) is 5.26 Å². The van der Waals surface area contributed by atoms with E-state index in [0.717, 1.165) is 5.56 Å². The molecule has 2 N–H and O–H groups in total. The van der Waals surface area contributed by atoms with Gasteiger partial charge >= 0.3 is 0 Å². The Labute approximate surface area is 136 Å². The molecule has 5 nitrogen and oxygen atoms in total. The van der Waals surface area contributed by atoms with Gasteiger partial charge in [-0.3, -0.25) is 0 Å². The van der Waals surface area contributed by atoms with Gasteiger partial charge in [0.15, 0.2) is 0 Å². The minimum atomic E-state index is -3.68. The highest BCUT2D eigenvalue weighted by Crippen LogP contribution is 2.19. The molecule has 0 aliphatic rings. The zero-order valence-electron chi connectivity index (χ0n) is 12.7. The third kappa shape index (κ3) is 4.63. The predicted molar refractivity (Wildman–Crippen MR) is 87.0 cm³/mol. The standard InChI is InChI=1S/C17H18N2O3S/c1-13(11-17(20)15-5-3-2-4-6-15)19-23(21,22)16-9-7-14(12-18)8-10-16/h2-10,13,17,19-20H,11H2,1H3. The van der Waals surface area contributed by atoms with Gasteiger partial charge in [0.05, 0.1) is 22.6 Å². The van der Waals surface area contributed by atoms with Crippen LogP contribution in [0.5, 0.6) is 0 Å². The maximum Gasteiger partial charge on any atom is 0.240 e. The normalized spacial score (nSPS) is 14.0. The third-order valence-electron chi connectivity index (χ3n) is 3.41. The molecule has 0 aromatic heterocycles. The minimum absolute atomic E-state index is 0.0950. The highest BCUT2D eigenvalue weighted by Gasteiger charge is 2.20. The van der Waals surface area contributed by atoms with E-state index in [1.54, 1.807) is 19.1 Å². The molecule has 2 aromatic rings. The molecule has 2 rings (SSSR count). The maximum absolute atomic E-state index is 12.3. The summed E-state index contributed by atoms with van der Waals surface area (Å²) < 4.78 is 27.1. The second-order valence-corrected chi connectivity index (χ2v) is 7.03. The summed E-state index contributed by atoms with van der Waals surface area (Å²) >= 11 is 0. The van der Waals surface area contributed by atoms with Crippen LogP contribution in [0.3, 0.4) is 0 Å². The van der Waals surface area contributed by atoms with Gasteiger partial charge in [-0.05, 0) is 43.2 Å². The summed E-state index contributed by atoms with van der Waals surface area (Å²) in [6.07, 6.45) is -0.477. The first-order chi connectivity index (χ1) is 10.9. The van der Waals surface area contributed by atoms with Crippen molar-refractivity contribution in [2.24, 2.45) is 0 Å². The van der Waals surface area contributed by atoms with E-state index in [2.05, 4.69) is 4.72 Å². The van der Waals surface area contributed by atoms with Crippen molar-refractivity contribution in [3.8, 4) is 6.07 Å². The molecule has 0 amide bonds. The molecule has 0 fully saturated rings. The van der Waals surface area contributed by atoms with E-state index in [-0.39, 0.29) is 11.3 Å². The Hall–Kier alpha value is -2.20. The zero-order chi connectivity index (χ0) is 16.9. The smallest absolute Gasteiger partial charge is 0.240 e. The van der Waals surface area contributed by atoms with Crippen molar-refractivity contribution in [1.29, 1.82) is 5.26 Å². The van der Waals surface area contributed by atoms with Gasteiger partial charge in [-0.15, -0.1) is 0 Å². The van der Waals surface area contributed by atoms with Crippen LogP contribution in [-0.4, -0.2) is 19.6 Å². The molecule has 23 heavy (non-hydrogen) atoms. The number of sulfonamides is 1. The van der Waals surface area contributed by atoms with Crippen molar-refractivity contribution in [3.05, 3.63) is 65.7 Å². The van der Waals surface area contributed by atoms with E-state index in [1.165, 1.54) is 24.3 Å². The fourth-order valence-corrected chi connectivity index (χ4v) is 3.49. The van der Waals surface area contributed by atoms with Crippen molar-refractivity contribution in [2.45, 2.75) is 30.4 Å². The summed E-state index contributed by atoms with van der Waals surface area (Å²) in [5, 5.41) is 18.9. The Morgan fingerprint density at radius 1 is 1.13 bits per heavy atom. The van der Waals surface area contributed by atoms with Crippen LogP contribution in [0, 0.1) is 11.3 Å². The van der Waals surface area contributed by atoms with Crippen LogP contribution in [-0.2, 0) is 10.0 Å². The lowest BCUT2D eigenvalue weighted by atomic mass is 10.0. The number of aliphatic hydroxyl groups is 1. The number of nitriles is 1. The van der Waals surface area contributed by atoms with E-state index >= 15 is 0 Å². The van der Waals surface area contributed by atoms with E-state index < -0.39 is 22.2 Å². The van der Waals surface area contributed by atoms with Gasteiger partial charge in [-0.1, -0.05) is 30.3 Å². The second kappa shape index (κ2) is 7.38. The molecule has 2 unspecified atom stereocenters. The number of nitrogens with one attached hydrogen (secondary N) is 1. The number of hydrogen-bond donors (Lipinski definition) is 2. The highest BCUT2D eigenvalue weighted by atomic mass is 32.2. The molecule has 2 aromatic carbocycles. The largest absolute Gasteiger partial charge is 0.388 e. The van der Waals surface area contributed by atoms with Crippen molar-refractivity contribution in [2.75, 3.05) is 0 Å². The summed E-state index contributed by atoms with van der Waals surface area (Å²) in [5.74, 6) is 0. The molecule has 0 bridgehead atoms. The van der Waals surface area contributed by atoms with Gasteiger partial charge in [0.2, 0.25) is 10.0 Å². The molecule has 0 aliphatic carbocycles. The Morgan fingerprint density at radius 2 is 1.74 bits per heavy atom. The predicted octanol–water partition coefficient (Wildman–Crippen LogP) is 2.35. The first-order valence-corrected chi connectivity index (χ1v) is 8.66. The molecule has 120 valence electrons. The number of aliphatic hydroxyl groups excluding tert-OH is 1. The Morgan fingerprint density at radius 3 is 2.30 bits per heavy atom. The number of benzene rings is 2. The summed E-state index contributed by atoms with van der Waals surface area (Å²) in [4.78, 5) is 0.0950. The summed E-state index contributed by atoms with van der Waals surface area (Å²) in [5.41, 5.74) is 1.15. The maximum atomic E-state index is 12.3. The van der Waals surface area contributed by atoms with Crippen molar-refractivity contribution < 1.29 is 13.5 Å². The van der Waals surface area contributed by atoms with Crippen LogP contribution in [0.4, 0.5) is 0 Å². The molecular formula is C17H18N2O3S. The van der Waals surface area contributed by atoms with E-state index in [9.17, 15) is 13.5 Å². The lowest BCUT2D eigenvalue weighted by Gasteiger charge is -2.18. The summed E-state index contributed by atoms with van der Waals surface area (Å²) in [7, 11) is -3.68. The quantitative estimate of drug-likeness (QED) is 0.850. The monoisotopic (exact) mass is 330 g/mol. The lowest BCUT2D eigenvalue weighted by Crippen LogP contribution is -2.33. The molecule has 0 radical (unpaired) electrons. The molecule has 2 atom stereocenters. The molecular weight excluding hydrogens is 312 g/mol. The first-order valence-electron chi connectivity index (χ1n) is 7.18. The molecule has 0 spiro atoms. The zero-order valence-corrected chi connectivity index (χ0v) is 13.5. The van der Waals surface area contributed by atoms with Gasteiger partial charge in [-0.25, -0.2) is 13.1 Å². The number of rotatable bonds is 6. The van der Waals surface area contributed by atoms with E-state index in [4.69, 9.17) is 5.26 Å². The van der Waals surface area contributed by atoms with Crippen LogP contribution in [0.2, 0.25) is 0 Å².